The van der Waals surface area contributed by atoms with E-state index in [1.165, 1.54) is 12.1 Å². The second kappa shape index (κ2) is 6.02. The third-order valence-corrected chi connectivity index (χ3v) is 3.59. The predicted molar refractivity (Wildman–Crippen MR) is 88.2 cm³/mol. The first-order valence-electron chi connectivity index (χ1n) is 7.34. The number of anilines is 2. The number of nitrogens with zero attached hydrogens (tertiary/aromatic N) is 1. The molecule has 0 aliphatic carbocycles. The molecule has 112 valence electrons. The first-order chi connectivity index (χ1) is 10.7. The fourth-order valence-electron chi connectivity index (χ4n) is 2.58. The van der Waals surface area contributed by atoms with Gasteiger partial charge < -0.3 is 9.88 Å². The Labute approximate surface area is 128 Å². The molecule has 0 atom stereocenters. The highest BCUT2D eigenvalue weighted by molar-refractivity contribution is 5.93. The highest BCUT2D eigenvalue weighted by atomic mass is 19.1. The van der Waals surface area contributed by atoms with E-state index in [2.05, 4.69) is 5.32 Å². The van der Waals surface area contributed by atoms with Crippen molar-refractivity contribution in [3.05, 3.63) is 70.8 Å². The Bertz CT molecular complexity index is 853. The van der Waals surface area contributed by atoms with Crippen LogP contribution < -0.4 is 10.9 Å². The lowest BCUT2D eigenvalue weighted by Gasteiger charge is -2.14. The van der Waals surface area contributed by atoms with Crippen LogP contribution in [0, 0.1) is 5.82 Å². The molecule has 2 aromatic carbocycles. The number of nitrogens with one attached hydrogen (secondary N) is 1. The van der Waals surface area contributed by atoms with Gasteiger partial charge in [0.15, 0.2) is 0 Å². The van der Waals surface area contributed by atoms with Crippen LogP contribution in [0.2, 0.25) is 0 Å². The average molecular weight is 296 g/mol. The molecule has 1 heterocycles. The lowest BCUT2D eigenvalue weighted by Crippen LogP contribution is -2.20. The second-order valence-corrected chi connectivity index (χ2v) is 5.20. The van der Waals surface area contributed by atoms with E-state index in [1.54, 1.807) is 22.8 Å². The molecule has 0 spiro atoms. The Morgan fingerprint density at radius 3 is 2.55 bits per heavy atom. The zero-order valence-corrected chi connectivity index (χ0v) is 12.3. The van der Waals surface area contributed by atoms with Gasteiger partial charge >= 0.3 is 0 Å². The topological polar surface area (TPSA) is 34.0 Å². The molecule has 0 aliphatic rings. The van der Waals surface area contributed by atoms with Gasteiger partial charge in [0.05, 0.1) is 11.2 Å². The lowest BCUT2D eigenvalue weighted by molar-refractivity contribution is 0.628. The van der Waals surface area contributed by atoms with Gasteiger partial charge in [-0.2, -0.15) is 0 Å². The molecule has 0 unspecified atom stereocenters. The van der Waals surface area contributed by atoms with Crippen molar-refractivity contribution in [2.45, 2.75) is 19.9 Å². The Balaban J connectivity index is 2.12. The van der Waals surface area contributed by atoms with E-state index in [-0.39, 0.29) is 11.4 Å². The highest BCUT2D eigenvalue weighted by Gasteiger charge is 2.08. The molecular formula is C18H17FN2O. The van der Waals surface area contributed by atoms with E-state index in [0.717, 1.165) is 28.7 Å². The largest absolute Gasteiger partial charge is 0.355 e. The standard InChI is InChI=1S/C18H17FN2O/c1-2-11-21-17-6-4-3-5-15(17)16(12-18(21)22)20-14-9-7-13(19)8-10-14/h3-10,12,20H,2,11H2,1H3. The Hall–Kier alpha value is -2.62. The summed E-state index contributed by atoms with van der Waals surface area (Å²) in [5.41, 5.74) is 2.35. The van der Waals surface area contributed by atoms with Crippen LogP contribution >= 0.6 is 0 Å². The van der Waals surface area contributed by atoms with Gasteiger partial charge in [0.1, 0.15) is 5.82 Å². The molecule has 0 bridgehead atoms. The molecule has 3 nitrogen and oxygen atoms in total. The van der Waals surface area contributed by atoms with Gasteiger partial charge in [0.25, 0.3) is 5.56 Å². The fourth-order valence-corrected chi connectivity index (χ4v) is 2.58. The Morgan fingerprint density at radius 2 is 1.82 bits per heavy atom. The van der Waals surface area contributed by atoms with Crippen molar-refractivity contribution in [3.8, 4) is 0 Å². The van der Waals surface area contributed by atoms with Crippen molar-refractivity contribution < 1.29 is 4.39 Å². The van der Waals surface area contributed by atoms with Gasteiger partial charge in [-0.3, -0.25) is 4.79 Å². The maximum absolute atomic E-state index is 13.0. The smallest absolute Gasteiger partial charge is 0.253 e. The van der Waals surface area contributed by atoms with E-state index in [1.807, 2.05) is 31.2 Å². The van der Waals surface area contributed by atoms with Crippen molar-refractivity contribution >= 4 is 22.3 Å². The fraction of sp³-hybridized carbons (Fsp3) is 0.167. The van der Waals surface area contributed by atoms with Crippen molar-refractivity contribution in [1.29, 1.82) is 0 Å². The molecule has 0 fully saturated rings. The van der Waals surface area contributed by atoms with Crippen LogP contribution in [0.3, 0.4) is 0 Å². The number of hydrogen-bond acceptors (Lipinski definition) is 2. The molecule has 22 heavy (non-hydrogen) atoms. The van der Waals surface area contributed by atoms with Crippen LogP contribution in [0.25, 0.3) is 10.9 Å². The van der Waals surface area contributed by atoms with Gasteiger partial charge in [0, 0.05) is 23.7 Å². The third kappa shape index (κ3) is 2.72. The number of hydrogen-bond donors (Lipinski definition) is 1. The predicted octanol–water partition coefficient (Wildman–Crippen LogP) is 4.29. The van der Waals surface area contributed by atoms with E-state index in [0.29, 0.717) is 6.54 Å². The number of aryl methyl sites for hydroxylation is 1. The lowest BCUT2D eigenvalue weighted by atomic mass is 10.1. The molecule has 3 rings (SSSR count). The molecule has 0 saturated carbocycles. The molecule has 0 radical (unpaired) electrons. The van der Waals surface area contributed by atoms with Crippen LogP contribution in [-0.4, -0.2) is 4.57 Å². The second-order valence-electron chi connectivity index (χ2n) is 5.20. The zero-order valence-electron chi connectivity index (χ0n) is 12.3. The van der Waals surface area contributed by atoms with Gasteiger partial charge in [-0.15, -0.1) is 0 Å². The summed E-state index contributed by atoms with van der Waals surface area (Å²) in [7, 11) is 0. The Morgan fingerprint density at radius 1 is 1.09 bits per heavy atom. The van der Waals surface area contributed by atoms with Crippen LogP contribution in [0.5, 0.6) is 0 Å². The van der Waals surface area contributed by atoms with Crippen LogP contribution in [-0.2, 0) is 6.54 Å². The summed E-state index contributed by atoms with van der Waals surface area (Å²) in [6.07, 6.45) is 0.897. The van der Waals surface area contributed by atoms with Crippen molar-refractivity contribution in [2.75, 3.05) is 5.32 Å². The first-order valence-corrected chi connectivity index (χ1v) is 7.34. The minimum Gasteiger partial charge on any atom is -0.355 e. The number of para-hydroxylation sites is 1. The van der Waals surface area contributed by atoms with E-state index in [9.17, 15) is 9.18 Å². The zero-order chi connectivity index (χ0) is 15.5. The van der Waals surface area contributed by atoms with E-state index >= 15 is 0 Å². The van der Waals surface area contributed by atoms with Crippen molar-refractivity contribution in [2.24, 2.45) is 0 Å². The van der Waals surface area contributed by atoms with Gasteiger partial charge in [-0.1, -0.05) is 25.1 Å². The van der Waals surface area contributed by atoms with Gasteiger partial charge in [-0.05, 0) is 36.8 Å². The summed E-state index contributed by atoms with van der Waals surface area (Å²) < 4.78 is 14.8. The van der Waals surface area contributed by atoms with Crippen LogP contribution in [0.15, 0.2) is 59.4 Å². The van der Waals surface area contributed by atoms with E-state index < -0.39 is 0 Å². The summed E-state index contributed by atoms with van der Waals surface area (Å²) in [5, 5.41) is 4.18. The van der Waals surface area contributed by atoms with E-state index in [4.69, 9.17) is 0 Å². The minimum absolute atomic E-state index is 0.0369. The van der Waals surface area contributed by atoms with Gasteiger partial charge in [0.2, 0.25) is 0 Å². The minimum atomic E-state index is -0.284. The molecule has 1 N–H and O–H groups in total. The van der Waals surface area contributed by atoms with Crippen molar-refractivity contribution in [1.82, 2.24) is 4.57 Å². The quantitative estimate of drug-likeness (QED) is 0.779. The van der Waals surface area contributed by atoms with Crippen LogP contribution in [0.1, 0.15) is 13.3 Å². The number of halogens is 1. The Kier molecular flexibility index (Phi) is 3.92. The monoisotopic (exact) mass is 296 g/mol. The molecule has 0 saturated heterocycles. The highest BCUT2D eigenvalue weighted by Crippen LogP contribution is 2.25. The summed E-state index contributed by atoms with van der Waals surface area (Å²) in [6.45, 7) is 2.74. The SMILES string of the molecule is CCCn1c(=O)cc(Nc2ccc(F)cc2)c2ccccc21. The first kappa shape index (κ1) is 14.3. The summed E-state index contributed by atoms with van der Waals surface area (Å²) >= 11 is 0. The molecular weight excluding hydrogens is 279 g/mol. The number of benzene rings is 2. The molecule has 0 amide bonds. The molecule has 3 aromatic rings. The summed E-state index contributed by atoms with van der Waals surface area (Å²) in [5.74, 6) is -0.284. The molecule has 1 aromatic heterocycles. The average Bonchev–Trinajstić information content (AvgIpc) is 2.53. The summed E-state index contributed by atoms with van der Waals surface area (Å²) in [4.78, 5) is 12.4. The number of rotatable bonds is 4. The van der Waals surface area contributed by atoms with Crippen LogP contribution in [0.4, 0.5) is 15.8 Å². The number of pyridine rings is 1. The molecule has 0 aliphatic heterocycles. The normalized spacial score (nSPS) is 10.8. The summed E-state index contributed by atoms with van der Waals surface area (Å²) in [6, 6.07) is 15.5. The third-order valence-electron chi connectivity index (χ3n) is 3.59. The molecule has 4 heteroatoms. The number of fused-ring (bicyclic) bond motifs is 1. The maximum Gasteiger partial charge on any atom is 0.253 e. The maximum atomic E-state index is 13.0. The van der Waals surface area contributed by atoms with Crippen molar-refractivity contribution in [3.63, 3.8) is 0 Å². The number of aromatic nitrogens is 1. The van der Waals surface area contributed by atoms with Gasteiger partial charge in [-0.25, -0.2) is 4.39 Å².